The average Bonchev–Trinajstić information content (AvgIpc) is 1.59. The second-order valence-electron chi connectivity index (χ2n) is 36.4. The molecule has 650 valence electrons. The number of hydrogen-bond acceptors (Lipinski definition) is 0. The molecule has 29 rings (SSSR count). The number of benzene rings is 23. The SMILES string of the molecule is Fc1ccc(-n2c3ccccc3c3cc(-c4ccc5c(c4)c4ccccc4n5-c4ccc(-c5ccc6ccccc6c5)cc4)ccc32)cc1.c1ccc(-n2c3ccccc3c3cc(-c4ccc5c(c4)c4ccccc4n5-c4ccc(-c5ccc6ccccc6c5)cc4)ccc32)cc1.c1ccc(-n2c3ccccc3c3cc(-c4ccc5c(c4)c4ccccc4n5-c4cccc5ccccc45)ccc32)cc1. The van der Waals surface area contributed by atoms with Gasteiger partial charge in [-0.3, -0.25) is 0 Å². The zero-order valence-electron chi connectivity index (χ0n) is 75.6. The fourth-order valence-corrected chi connectivity index (χ4v) is 22.1. The van der Waals surface area contributed by atoms with Gasteiger partial charge >= 0.3 is 0 Å². The van der Waals surface area contributed by atoms with Crippen molar-refractivity contribution in [2.45, 2.75) is 0 Å². The topological polar surface area (TPSA) is 29.6 Å². The van der Waals surface area contributed by atoms with Crippen molar-refractivity contribution in [3.63, 3.8) is 0 Å². The number of hydrogen-bond donors (Lipinski definition) is 0. The van der Waals surface area contributed by atoms with Crippen LogP contribution >= 0.6 is 0 Å². The molecule has 0 N–H and O–H groups in total. The monoisotopic (exact) mass is 1770 g/mol. The molecule has 7 heteroatoms. The number of rotatable bonds is 11. The molecule has 0 aliphatic heterocycles. The number of fused-ring (bicyclic) bond motifs is 21. The summed E-state index contributed by atoms with van der Waals surface area (Å²) in [7, 11) is 0. The van der Waals surface area contributed by atoms with Crippen molar-refractivity contribution < 1.29 is 4.39 Å². The fraction of sp³-hybridized carbons (Fsp3) is 0. The van der Waals surface area contributed by atoms with E-state index in [2.05, 4.69) is 519 Å². The molecule has 0 bridgehead atoms. The molecule has 0 atom stereocenters. The fourth-order valence-electron chi connectivity index (χ4n) is 22.1. The Kier molecular flexibility index (Phi) is 19.1. The van der Waals surface area contributed by atoms with Gasteiger partial charge in [0.1, 0.15) is 5.82 Å². The van der Waals surface area contributed by atoms with E-state index in [0.717, 1.165) is 33.7 Å². The number of halogens is 1. The third-order valence-corrected chi connectivity index (χ3v) is 28.6. The molecule has 6 heterocycles. The van der Waals surface area contributed by atoms with E-state index in [4.69, 9.17) is 0 Å². The molecule has 0 saturated heterocycles. The number of para-hydroxylation sites is 8. The Morgan fingerprint density at radius 2 is 0.324 bits per heavy atom. The predicted molar refractivity (Wildman–Crippen MR) is 585 cm³/mol. The van der Waals surface area contributed by atoms with Gasteiger partial charge in [-0.25, -0.2) is 4.39 Å². The molecular weight excluding hydrogens is 1690 g/mol. The quantitative estimate of drug-likeness (QED) is 0.124. The lowest BCUT2D eigenvalue weighted by atomic mass is 10.0. The minimum absolute atomic E-state index is 0.235. The Balaban J connectivity index is 0.000000105. The van der Waals surface area contributed by atoms with Crippen molar-refractivity contribution in [1.29, 1.82) is 0 Å². The van der Waals surface area contributed by atoms with Crippen LogP contribution in [-0.4, -0.2) is 27.4 Å². The van der Waals surface area contributed by atoms with Crippen LogP contribution in [0.2, 0.25) is 0 Å². The molecule has 6 nitrogen and oxygen atoms in total. The van der Waals surface area contributed by atoms with Gasteiger partial charge in [0.2, 0.25) is 0 Å². The van der Waals surface area contributed by atoms with Crippen LogP contribution < -0.4 is 0 Å². The van der Waals surface area contributed by atoms with Gasteiger partial charge in [-0.1, -0.05) is 315 Å². The van der Waals surface area contributed by atoms with E-state index in [0.29, 0.717) is 0 Å². The van der Waals surface area contributed by atoms with Crippen molar-refractivity contribution >= 4 is 163 Å². The van der Waals surface area contributed by atoms with Crippen LogP contribution in [0.1, 0.15) is 0 Å². The van der Waals surface area contributed by atoms with E-state index >= 15 is 0 Å². The summed E-state index contributed by atoms with van der Waals surface area (Å²) in [6.07, 6.45) is 0. The molecule has 0 amide bonds. The van der Waals surface area contributed by atoms with E-state index in [9.17, 15) is 4.39 Å². The average molecular weight is 1770 g/mol. The smallest absolute Gasteiger partial charge is 0.123 e. The summed E-state index contributed by atoms with van der Waals surface area (Å²) in [6.45, 7) is 0. The van der Waals surface area contributed by atoms with E-state index in [1.807, 2.05) is 12.1 Å². The standard InChI is InChI=1S/C46H29FN2.C46H30N2.C40H26N2/c47-36-19-23-38(24-20-36)49-44-12-6-4-10-40(44)42-29-35(18-26-46(42)49)34-17-25-45-41(28-34)39-9-3-5-11-43(39)48(45)37-21-15-31(16-22-37)33-14-13-30-7-1-2-8-32(30)27-33;1-2-12-37(13-3-1)47-43-16-8-6-14-39(43)41-29-35(22-26-45(41)47)36-23-27-46-42(30-36)40-15-7-9-17-44(40)48(46)38-24-20-32(21-25-38)34-19-18-31-10-4-5-11-33(31)28-34;1-2-13-30(14-3-1)41-37-18-8-6-16-32(37)34-25-28(21-23-39(34)41)29-22-24-40-35(26-29)33-17-7-9-19-38(33)42(40)36-20-10-12-27-11-4-5-15-31(27)36/h1-29H;1-30H;1-26H. The van der Waals surface area contributed by atoms with Crippen LogP contribution in [0.3, 0.4) is 0 Å². The molecule has 29 aromatic rings. The maximum atomic E-state index is 13.8. The van der Waals surface area contributed by atoms with E-state index in [1.165, 1.54) is 231 Å². The molecule has 0 radical (unpaired) electrons. The van der Waals surface area contributed by atoms with Gasteiger partial charge in [-0.2, -0.15) is 0 Å². The van der Waals surface area contributed by atoms with Gasteiger partial charge in [0.05, 0.1) is 71.9 Å². The van der Waals surface area contributed by atoms with Crippen LogP contribution in [0, 0.1) is 5.82 Å². The highest BCUT2D eigenvalue weighted by atomic mass is 19.1. The third kappa shape index (κ3) is 13.6. The Morgan fingerprint density at radius 3 is 0.640 bits per heavy atom. The first kappa shape index (κ1) is 80.2. The van der Waals surface area contributed by atoms with E-state index in [-0.39, 0.29) is 5.82 Å². The Bertz CT molecular complexity index is 9950. The minimum Gasteiger partial charge on any atom is -0.309 e. The third-order valence-electron chi connectivity index (χ3n) is 28.6. The lowest BCUT2D eigenvalue weighted by Gasteiger charge is -2.12. The van der Waals surface area contributed by atoms with Gasteiger partial charge in [0.25, 0.3) is 0 Å². The molecule has 23 aromatic carbocycles. The molecule has 0 aliphatic carbocycles. The second kappa shape index (κ2) is 33.0. The molecule has 0 aliphatic rings. The van der Waals surface area contributed by atoms with Crippen LogP contribution in [-0.2, 0) is 0 Å². The van der Waals surface area contributed by atoms with Crippen molar-refractivity contribution in [2.75, 3.05) is 0 Å². The Labute approximate surface area is 800 Å². The number of nitrogens with zero attached hydrogens (tertiary/aromatic N) is 6. The summed E-state index contributed by atoms with van der Waals surface area (Å²) in [6, 6.07) is 185. The molecule has 0 saturated carbocycles. The van der Waals surface area contributed by atoms with Gasteiger partial charge in [0.15, 0.2) is 0 Å². The van der Waals surface area contributed by atoms with Gasteiger partial charge in [0, 0.05) is 98.5 Å². The lowest BCUT2D eigenvalue weighted by molar-refractivity contribution is 0.627. The summed E-state index contributed by atoms with van der Waals surface area (Å²) >= 11 is 0. The van der Waals surface area contributed by atoms with Crippen molar-refractivity contribution in [2.24, 2.45) is 0 Å². The molecule has 0 spiro atoms. The first-order chi connectivity index (χ1) is 68.8. The van der Waals surface area contributed by atoms with Gasteiger partial charge < -0.3 is 27.4 Å². The minimum atomic E-state index is -0.235. The highest BCUT2D eigenvalue weighted by Gasteiger charge is 2.23. The molecule has 139 heavy (non-hydrogen) atoms. The summed E-state index contributed by atoms with van der Waals surface area (Å²) in [4.78, 5) is 0. The number of aromatic nitrogens is 6. The molecule has 0 fully saturated rings. The Morgan fingerprint density at radius 1 is 0.115 bits per heavy atom. The summed E-state index contributed by atoms with van der Waals surface area (Å²) in [5, 5.41) is 22.5. The van der Waals surface area contributed by atoms with Crippen molar-refractivity contribution in [3.05, 3.63) is 521 Å². The van der Waals surface area contributed by atoms with Gasteiger partial charge in [-0.15, -0.1) is 0 Å². The van der Waals surface area contributed by atoms with Crippen LogP contribution in [0.4, 0.5) is 4.39 Å². The predicted octanol–water partition coefficient (Wildman–Crippen LogP) is 35.6. The van der Waals surface area contributed by atoms with Crippen LogP contribution in [0.25, 0.3) is 253 Å². The first-order valence-corrected chi connectivity index (χ1v) is 47.6. The highest BCUT2D eigenvalue weighted by molar-refractivity contribution is 6.18. The maximum absolute atomic E-state index is 13.8. The molecular formula is C132H85FN6. The van der Waals surface area contributed by atoms with Crippen molar-refractivity contribution in [1.82, 2.24) is 27.4 Å². The first-order valence-electron chi connectivity index (χ1n) is 47.6. The summed E-state index contributed by atoms with van der Waals surface area (Å²) in [5.74, 6) is -0.235. The molecule has 6 aromatic heterocycles. The largest absolute Gasteiger partial charge is 0.309 e. The normalized spacial score (nSPS) is 11.8. The molecule has 0 unspecified atom stereocenters. The van der Waals surface area contributed by atoms with Gasteiger partial charge in [-0.05, 0) is 283 Å². The van der Waals surface area contributed by atoms with Crippen molar-refractivity contribution in [3.8, 4) is 89.8 Å². The van der Waals surface area contributed by atoms with Crippen LogP contribution in [0.15, 0.2) is 516 Å². The zero-order valence-corrected chi connectivity index (χ0v) is 75.6. The zero-order chi connectivity index (χ0) is 91.7. The van der Waals surface area contributed by atoms with E-state index < -0.39 is 0 Å². The van der Waals surface area contributed by atoms with Crippen LogP contribution in [0.5, 0.6) is 0 Å². The highest BCUT2D eigenvalue weighted by Crippen LogP contribution is 2.46. The summed E-state index contributed by atoms with van der Waals surface area (Å²) < 4.78 is 28.0. The van der Waals surface area contributed by atoms with E-state index in [1.54, 1.807) is 0 Å². The Hall–Kier alpha value is -18.4. The second-order valence-corrected chi connectivity index (χ2v) is 36.4. The maximum Gasteiger partial charge on any atom is 0.123 e. The lowest BCUT2D eigenvalue weighted by Crippen LogP contribution is -1.95. The summed E-state index contributed by atoms with van der Waals surface area (Å²) in [5.41, 5.74) is 33.2.